The highest BCUT2D eigenvalue weighted by molar-refractivity contribution is 6.31. The molecular weight excluding hydrogens is 370 g/mol. The number of likely N-dealkylation sites (N-methyl/N-ethyl adjacent to an activating group) is 1. The van der Waals surface area contributed by atoms with Crippen LogP contribution in [-0.4, -0.2) is 41.2 Å². The van der Waals surface area contributed by atoms with Crippen LogP contribution in [0.25, 0.3) is 0 Å². The van der Waals surface area contributed by atoms with E-state index < -0.39 is 0 Å². The van der Waals surface area contributed by atoms with Gasteiger partial charge in [0.05, 0.1) is 18.3 Å². The number of nitrogens with zero attached hydrogens (tertiary/aromatic N) is 3. The highest BCUT2D eigenvalue weighted by Crippen LogP contribution is 2.36. The molecule has 2 aromatic carbocycles. The van der Waals surface area contributed by atoms with Gasteiger partial charge < -0.3 is 0 Å². The molecule has 0 radical (unpaired) electrons. The summed E-state index contributed by atoms with van der Waals surface area (Å²) in [6, 6.07) is 13.9. The van der Waals surface area contributed by atoms with Crippen LogP contribution in [0.5, 0.6) is 0 Å². The van der Waals surface area contributed by atoms with Crippen molar-refractivity contribution in [2.24, 2.45) is 5.10 Å². The van der Waals surface area contributed by atoms with Crippen LogP contribution in [0.15, 0.2) is 47.6 Å². The molecule has 0 N–H and O–H groups in total. The van der Waals surface area contributed by atoms with Gasteiger partial charge in [0.2, 0.25) is 0 Å². The summed E-state index contributed by atoms with van der Waals surface area (Å²) in [5.41, 5.74) is 5.35. The number of halogens is 1. The molecule has 1 aliphatic rings. The Morgan fingerprint density at radius 1 is 1.18 bits per heavy atom. The van der Waals surface area contributed by atoms with E-state index in [-0.39, 0.29) is 11.9 Å². The van der Waals surface area contributed by atoms with Gasteiger partial charge in [-0.15, -0.1) is 0 Å². The lowest BCUT2D eigenvalue weighted by molar-refractivity contribution is -0.134. The lowest BCUT2D eigenvalue weighted by atomic mass is 9.95. The Morgan fingerprint density at radius 3 is 2.57 bits per heavy atom. The molecule has 1 unspecified atom stereocenters. The van der Waals surface area contributed by atoms with Crippen molar-refractivity contribution in [2.75, 3.05) is 19.6 Å². The van der Waals surface area contributed by atoms with Crippen molar-refractivity contribution in [1.29, 1.82) is 0 Å². The number of rotatable bonds is 6. The first-order chi connectivity index (χ1) is 13.4. The maximum Gasteiger partial charge on any atom is 0.257 e. The maximum absolute atomic E-state index is 13.1. The first-order valence-corrected chi connectivity index (χ1v) is 10.3. The van der Waals surface area contributed by atoms with Crippen molar-refractivity contribution in [1.82, 2.24) is 9.91 Å². The van der Waals surface area contributed by atoms with Crippen LogP contribution in [0.4, 0.5) is 0 Å². The number of carbonyl (C=O) groups excluding carboxylic acids is 1. The molecule has 0 saturated heterocycles. The van der Waals surface area contributed by atoms with Crippen molar-refractivity contribution in [3.05, 3.63) is 69.7 Å². The predicted molar refractivity (Wildman–Crippen MR) is 116 cm³/mol. The van der Waals surface area contributed by atoms with Crippen LogP contribution in [-0.2, 0) is 4.79 Å². The van der Waals surface area contributed by atoms with Crippen LogP contribution >= 0.6 is 11.6 Å². The van der Waals surface area contributed by atoms with Crippen LogP contribution in [0.1, 0.15) is 48.6 Å². The third-order valence-electron chi connectivity index (χ3n) is 5.39. The standard InChI is InChI=1S/C23H28ClN3O/c1-5-26(6-2)15-23(28)27-22(18-9-7-8-10-20(18)24)14-21(25-27)19-13-16(3)11-12-17(19)4/h7-13,22H,5-6,14-15H2,1-4H3. The Hall–Kier alpha value is -2.17. The molecule has 0 spiro atoms. The third-order valence-corrected chi connectivity index (χ3v) is 5.73. The molecule has 148 valence electrons. The molecule has 3 rings (SSSR count). The molecule has 1 heterocycles. The molecule has 0 aromatic heterocycles. The molecule has 1 aliphatic heterocycles. The van der Waals surface area contributed by atoms with Crippen LogP contribution < -0.4 is 0 Å². The fourth-order valence-corrected chi connectivity index (χ4v) is 3.91. The van der Waals surface area contributed by atoms with E-state index in [0.29, 0.717) is 18.0 Å². The molecule has 0 bridgehead atoms. The summed E-state index contributed by atoms with van der Waals surface area (Å²) in [6.07, 6.45) is 0.665. The summed E-state index contributed by atoms with van der Waals surface area (Å²) in [5, 5.41) is 7.12. The van der Waals surface area contributed by atoms with Gasteiger partial charge in [-0.2, -0.15) is 5.10 Å². The fourth-order valence-electron chi connectivity index (χ4n) is 3.65. The van der Waals surface area contributed by atoms with Crippen LogP contribution in [0.3, 0.4) is 0 Å². The Balaban J connectivity index is 1.99. The Kier molecular flexibility index (Phi) is 6.53. The zero-order valence-electron chi connectivity index (χ0n) is 17.1. The van der Waals surface area contributed by atoms with Crippen LogP contribution in [0, 0.1) is 13.8 Å². The number of aryl methyl sites for hydroxylation is 2. The maximum atomic E-state index is 13.1. The van der Waals surface area contributed by atoms with Crippen molar-refractivity contribution in [3.8, 4) is 0 Å². The lowest BCUT2D eigenvalue weighted by Crippen LogP contribution is -2.38. The smallest absolute Gasteiger partial charge is 0.257 e. The monoisotopic (exact) mass is 397 g/mol. The number of carbonyl (C=O) groups is 1. The number of benzene rings is 2. The van der Waals surface area contributed by atoms with E-state index >= 15 is 0 Å². The summed E-state index contributed by atoms with van der Waals surface area (Å²) in [7, 11) is 0. The van der Waals surface area contributed by atoms with Crippen LogP contribution in [0.2, 0.25) is 5.02 Å². The number of amides is 1. The fraction of sp³-hybridized carbons (Fsp3) is 0.391. The third kappa shape index (κ3) is 4.29. The quantitative estimate of drug-likeness (QED) is 0.689. The molecule has 5 heteroatoms. The van der Waals surface area contributed by atoms with Gasteiger partial charge in [-0.25, -0.2) is 5.01 Å². The minimum atomic E-state index is -0.174. The van der Waals surface area contributed by atoms with Gasteiger partial charge in [-0.05, 0) is 50.2 Å². The molecule has 0 fully saturated rings. The van der Waals surface area contributed by atoms with Gasteiger partial charge in [0, 0.05) is 17.0 Å². The van der Waals surface area contributed by atoms with E-state index in [0.717, 1.165) is 29.9 Å². The summed E-state index contributed by atoms with van der Waals surface area (Å²) >= 11 is 6.49. The number of hydrogen-bond acceptors (Lipinski definition) is 3. The van der Waals surface area contributed by atoms with E-state index in [1.807, 2.05) is 24.3 Å². The first kappa shape index (κ1) is 20.6. The second kappa shape index (κ2) is 8.89. The Labute approximate surface area is 172 Å². The zero-order chi connectivity index (χ0) is 20.3. The second-order valence-corrected chi connectivity index (χ2v) is 7.71. The second-order valence-electron chi connectivity index (χ2n) is 7.31. The minimum Gasteiger partial charge on any atom is -0.295 e. The summed E-state index contributed by atoms with van der Waals surface area (Å²) in [4.78, 5) is 15.2. The van der Waals surface area contributed by atoms with Crippen molar-refractivity contribution in [3.63, 3.8) is 0 Å². The molecule has 2 aromatic rings. The molecule has 0 saturated carbocycles. The van der Waals surface area contributed by atoms with Crippen molar-refractivity contribution >= 4 is 23.2 Å². The van der Waals surface area contributed by atoms with Gasteiger partial charge in [0.25, 0.3) is 5.91 Å². The highest BCUT2D eigenvalue weighted by Gasteiger charge is 2.34. The van der Waals surface area contributed by atoms with E-state index in [9.17, 15) is 4.79 Å². The van der Waals surface area contributed by atoms with E-state index in [4.69, 9.17) is 16.7 Å². The van der Waals surface area contributed by atoms with Gasteiger partial charge in [0.1, 0.15) is 0 Å². The predicted octanol–water partition coefficient (Wildman–Crippen LogP) is 4.98. The molecule has 28 heavy (non-hydrogen) atoms. The minimum absolute atomic E-state index is 0.00826. The largest absolute Gasteiger partial charge is 0.295 e. The van der Waals surface area contributed by atoms with Gasteiger partial charge in [-0.3, -0.25) is 9.69 Å². The number of hydrazone groups is 1. The molecular formula is C23H28ClN3O. The average Bonchev–Trinajstić information content (AvgIpc) is 3.13. The SMILES string of the molecule is CCN(CC)CC(=O)N1N=C(c2cc(C)ccc2C)CC1c1ccccc1Cl. The molecule has 1 atom stereocenters. The average molecular weight is 398 g/mol. The summed E-state index contributed by atoms with van der Waals surface area (Å²) in [6.45, 7) is 10.3. The van der Waals surface area contributed by atoms with Gasteiger partial charge >= 0.3 is 0 Å². The highest BCUT2D eigenvalue weighted by atomic mass is 35.5. The Morgan fingerprint density at radius 2 is 1.89 bits per heavy atom. The summed E-state index contributed by atoms with van der Waals surface area (Å²) in [5.74, 6) is 0.00826. The van der Waals surface area contributed by atoms with E-state index in [2.05, 4.69) is 50.8 Å². The van der Waals surface area contributed by atoms with E-state index in [1.165, 1.54) is 11.1 Å². The van der Waals surface area contributed by atoms with Crippen molar-refractivity contribution in [2.45, 2.75) is 40.2 Å². The molecule has 0 aliphatic carbocycles. The Bertz CT molecular complexity index is 889. The topological polar surface area (TPSA) is 35.9 Å². The number of hydrogen-bond donors (Lipinski definition) is 0. The van der Waals surface area contributed by atoms with Gasteiger partial charge in [0.15, 0.2) is 0 Å². The first-order valence-electron chi connectivity index (χ1n) is 9.88. The normalized spacial score (nSPS) is 16.6. The van der Waals surface area contributed by atoms with Crippen molar-refractivity contribution < 1.29 is 4.79 Å². The molecule has 1 amide bonds. The van der Waals surface area contributed by atoms with E-state index in [1.54, 1.807) is 5.01 Å². The lowest BCUT2D eigenvalue weighted by Gasteiger charge is -2.26. The zero-order valence-corrected chi connectivity index (χ0v) is 17.8. The molecule has 4 nitrogen and oxygen atoms in total. The summed E-state index contributed by atoms with van der Waals surface area (Å²) < 4.78 is 0. The van der Waals surface area contributed by atoms with Gasteiger partial charge in [-0.1, -0.05) is 61.3 Å².